The van der Waals surface area contributed by atoms with Gasteiger partial charge in [-0.3, -0.25) is 9.59 Å². The number of ether oxygens (including phenoxy) is 1. The Morgan fingerprint density at radius 1 is 0.838 bits per heavy atom. The van der Waals surface area contributed by atoms with E-state index in [-0.39, 0.29) is 18.4 Å². The molecule has 1 atom stereocenters. The Morgan fingerprint density at radius 2 is 1.49 bits per heavy atom. The lowest BCUT2D eigenvalue weighted by molar-refractivity contribution is -0.142. The van der Waals surface area contributed by atoms with Gasteiger partial charge in [-0.25, -0.2) is 0 Å². The molecule has 3 aromatic rings. The second-order valence-corrected chi connectivity index (χ2v) is 9.46. The van der Waals surface area contributed by atoms with E-state index in [4.69, 9.17) is 4.74 Å². The minimum atomic E-state index is -0.658. The van der Waals surface area contributed by atoms with E-state index in [1.54, 1.807) is 4.90 Å². The molecule has 0 aromatic heterocycles. The van der Waals surface area contributed by atoms with Gasteiger partial charge in [-0.2, -0.15) is 0 Å². The van der Waals surface area contributed by atoms with E-state index in [0.29, 0.717) is 25.3 Å². The van der Waals surface area contributed by atoms with Crippen LogP contribution in [0.15, 0.2) is 103 Å². The van der Waals surface area contributed by atoms with Crippen molar-refractivity contribution in [3.05, 3.63) is 114 Å². The first kappa shape index (κ1) is 26.2. The number of nitrogens with zero attached hydrogens (tertiary/aromatic N) is 1. The van der Waals surface area contributed by atoms with Gasteiger partial charge in [-0.1, -0.05) is 90.5 Å². The van der Waals surface area contributed by atoms with Crippen LogP contribution in [0.25, 0.3) is 0 Å². The molecule has 0 fully saturated rings. The Labute approximate surface area is 220 Å². The molecular formula is C32H36N2O3. The van der Waals surface area contributed by atoms with Gasteiger partial charge in [0, 0.05) is 19.5 Å². The Hall–Kier alpha value is -3.86. The summed E-state index contributed by atoms with van der Waals surface area (Å²) in [6.45, 7) is 0.764. The minimum Gasteiger partial charge on any atom is -0.484 e. The van der Waals surface area contributed by atoms with Crippen molar-refractivity contribution in [1.29, 1.82) is 0 Å². The number of hydrogen-bond acceptors (Lipinski definition) is 3. The predicted octanol–water partition coefficient (Wildman–Crippen LogP) is 5.71. The quantitative estimate of drug-likeness (QED) is 0.327. The van der Waals surface area contributed by atoms with Crippen LogP contribution in [0.4, 0.5) is 0 Å². The molecule has 0 saturated heterocycles. The van der Waals surface area contributed by atoms with E-state index >= 15 is 0 Å². The number of carbonyl (C=O) groups is 2. The van der Waals surface area contributed by atoms with Crippen LogP contribution in [0.5, 0.6) is 5.75 Å². The van der Waals surface area contributed by atoms with Gasteiger partial charge in [0.15, 0.2) is 6.61 Å². The van der Waals surface area contributed by atoms with Crippen molar-refractivity contribution in [3.63, 3.8) is 0 Å². The third-order valence-corrected chi connectivity index (χ3v) is 6.70. The molecule has 0 heterocycles. The maximum Gasteiger partial charge on any atom is 0.261 e. The summed E-state index contributed by atoms with van der Waals surface area (Å²) in [5.41, 5.74) is 3.39. The molecule has 1 N–H and O–H groups in total. The summed E-state index contributed by atoms with van der Waals surface area (Å²) in [4.78, 5) is 28.9. The lowest BCUT2D eigenvalue weighted by Gasteiger charge is -2.31. The summed E-state index contributed by atoms with van der Waals surface area (Å²) in [6, 6.07) is 28.3. The SMILES string of the molecule is O=C(NCCC1=CCCCC1)[C@@H](Cc1ccccc1)N(Cc1ccccc1)C(=O)COc1ccccc1. The van der Waals surface area contributed by atoms with Crippen LogP contribution in [0.3, 0.4) is 0 Å². The summed E-state index contributed by atoms with van der Waals surface area (Å²) >= 11 is 0. The van der Waals surface area contributed by atoms with Crippen LogP contribution in [0.1, 0.15) is 43.2 Å². The molecule has 0 radical (unpaired) electrons. The summed E-state index contributed by atoms with van der Waals surface area (Å²) in [7, 11) is 0. The van der Waals surface area contributed by atoms with Gasteiger partial charge < -0.3 is 15.0 Å². The van der Waals surface area contributed by atoms with Crippen LogP contribution in [-0.2, 0) is 22.6 Å². The van der Waals surface area contributed by atoms with E-state index in [1.165, 1.54) is 18.4 Å². The summed E-state index contributed by atoms with van der Waals surface area (Å²) in [5.74, 6) is 0.267. The molecule has 192 valence electrons. The van der Waals surface area contributed by atoms with Crippen molar-refractivity contribution in [3.8, 4) is 5.75 Å². The number of benzene rings is 3. The van der Waals surface area contributed by atoms with Crippen molar-refractivity contribution in [2.45, 2.75) is 51.1 Å². The largest absolute Gasteiger partial charge is 0.484 e. The first-order valence-electron chi connectivity index (χ1n) is 13.2. The number of nitrogens with one attached hydrogen (secondary N) is 1. The topological polar surface area (TPSA) is 58.6 Å². The molecule has 2 amide bonds. The first-order chi connectivity index (χ1) is 18.2. The van der Waals surface area contributed by atoms with Gasteiger partial charge in [-0.15, -0.1) is 0 Å². The molecule has 0 aliphatic heterocycles. The highest BCUT2D eigenvalue weighted by Gasteiger charge is 2.30. The van der Waals surface area contributed by atoms with Crippen molar-refractivity contribution < 1.29 is 14.3 Å². The number of para-hydroxylation sites is 1. The first-order valence-corrected chi connectivity index (χ1v) is 13.2. The van der Waals surface area contributed by atoms with Crippen LogP contribution >= 0.6 is 0 Å². The van der Waals surface area contributed by atoms with Crippen molar-refractivity contribution in [1.82, 2.24) is 10.2 Å². The Bertz CT molecular complexity index is 1150. The highest BCUT2D eigenvalue weighted by molar-refractivity contribution is 5.88. The number of allylic oxidation sites excluding steroid dienone is 1. The highest BCUT2D eigenvalue weighted by Crippen LogP contribution is 2.20. The molecule has 1 aliphatic rings. The molecule has 0 saturated carbocycles. The maximum atomic E-state index is 13.6. The molecule has 0 bridgehead atoms. The molecule has 5 nitrogen and oxygen atoms in total. The molecule has 3 aromatic carbocycles. The number of carbonyl (C=O) groups excluding carboxylic acids is 2. The monoisotopic (exact) mass is 496 g/mol. The smallest absolute Gasteiger partial charge is 0.261 e. The lowest BCUT2D eigenvalue weighted by Crippen LogP contribution is -2.51. The lowest BCUT2D eigenvalue weighted by atomic mass is 9.97. The molecule has 0 spiro atoms. The van der Waals surface area contributed by atoms with Gasteiger partial charge in [0.2, 0.25) is 5.91 Å². The molecule has 1 aliphatic carbocycles. The number of amides is 2. The number of rotatable bonds is 12. The maximum absolute atomic E-state index is 13.6. The molecule has 5 heteroatoms. The fourth-order valence-electron chi connectivity index (χ4n) is 4.67. The zero-order valence-corrected chi connectivity index (χ0v) is 21.4. The summed E-state index contributed by atoms with van der Waals surface area (Å²) in [6.07, 6.45) is 8.29. The summed E-state index contributed by atoms with van der Waals surface area (Å²) < 4.78 is 5.80. The van der Waals surface area contributed by atoms with Crippen LogP contribution in [-0.4, -0.2) is 35.9 Å². The average Bonchev–Trinajstić information content (AvgIpc) is 2.96. The third-order valence-electron chi connectivity index (χ3n) is 6.70. The Kier molecular flexibility index (Phi) is 9.94. The highest BCUT2D eigenvalue weighted by atomic mass is 16.5. The molecule has 0 unspecified atom stereocenters. The standard InChI is InChI=1S/C32H36N2O3/c35-31(25-37-29-19-11-4-12-20-29)34(24-28-17-9-3-10-18-28)30(23-27-15-7-2-8-16-27)32(36)33-22-21-26-13-5-1-6-14-26/h2-4,7-13,15-20,30H,1,5-6,14,21-25H2,(H,33,36)/t30-/m1/s1. The van der Waals surface area contributed by atoms with Gasteiger partial charge in [-0.05, 0) is 55.4 Å². The normalized spacial score (nSPS) is 13.8. The van der Waals surface area contributed by atoms with Gasteiger partial charge >= 0.3 is 0 Å². The molecule has 4 rings (SSSR count). The Balaban J connectivity index is 1.53. The van der Waals surface area contributed by atoms with E-state index in [1.807, 2.05) is 91.0 Å². The fourth-order valence-corrected chi connectivity index (χ4v) is 4.67. The zero-order valence-electron chi connectivity index (χ0n) is 21.4. The van der Waals surface area contributed by atoms with Crippen molar-refractivity contribution >= 4 is 11.8 Å². The fraction of sp³-hybridized carbons (Fsp3) is 0.312. The number of hydrogen-bond donors (Lipinski definition) is 1. The third kappa shape index (κ3) is 8.35. The molecular weight excluding hydrogens is 460 g/mol. The summed E-state index contributed by atoms with van der Waals surface area (Å²) in [5, 5.41) is 3.13. The van der Waals surface area contributed by atoms with E-state index < -0.39 is 6.04 Å². The predicted molar refractivity (Wildman–Crippen MR) is 147 cm³/mol. The molecule has 37 heavy (non-hydrogen) atoms. The van der Waals surface area contributed by atoms with Crippen molar-refractivity contribution in [2.24, 2.45) is 0 Å². The van der Waals surface area contributed by atoms with Gasteiger partial charge in [0.25, 0.3) is 5.91 Å². The minimum absolute atomic E-state index is 0.135. The van der Waals surface area contributed by atoms with Crippen molar-refractivity contribution in [2.75, 3.05) is 13.2 Å². The van der Waals surface area contributed by atoms with E-state index in [2.05, 4.69) is 11.4 Å². The zero-order chi connectivity index (χ0) is 25.7. The van der Waals surface area contributed by atoms with Gasteiger partial charge in [0.05, 0.1) is 0 Å². The Morgan fingerprint density at radius 3 is 2.14 bits per heavy atom. The van der Waals surface area contributed by atoms with Crippen LogP contribution in [0.2, 0.25) is 0 Å². The second-order valence-electron chi connectivity index (χ2n) is 9.46. The van der Waals surface area contributed by atoms with Gasteiger partial charge in [0.1, 0.15) is 11.8 Å². The second kappa shape index (κ2) is 14.0. The van der Waals surface area contributed by atoms with Crippen LogP contribution in [0, 0.1) is 0 Å². The average molecular weight is 497 g/mol. The van der Waals surface area contributed by atoms with E-state index in [0.717, 1.165) is 30.4 Å². The van der Waals surface area contributed by atoms with Crippen LogP contribution < -0.4 is 10.1 Å². The van der Waals surface area contributed by atoms with E-state index in [9.17, 15) is 9.59 Å².